The molecule has 0 aliphatic rings. The number of carbonyl (C=O) groups excluding carboxylic acids is 3. The van der Waals surface area contributed by atoms with Gasteiger partial charge in [-0.3, -0.25) is 9.59 Å². The van der Waals surface area contributed by atoms with Crippen LogP contribution in [0.2, 0.25) is 0 Å². The summed E-state index contributed by atoms with van der Waals surface area (Å²) in [6.45, 7) is 1.52. The molecule has 0 bridgehead atoms. The molecule has 6 nitrogen and oxygen atoms in total. The van der Waals surface area contributed by atoms with E-state index in [1.165, 1.54) is 0 Å². The molecule has 26 heavy (non-hydrogen) atoms. The van der Waals surface area contributed by atoms with Crippen molar-refractivity contribution in [3.05, 3.63) is 71.8 Å². The topological polar surface area (TPSA) is 81.7 Å². The molecule has 1 atom stereocenters. The maximum atomic E-state index is 12.1. The number of benzene rings is 2. The van der Waals surface area contributed by atoms with Gasteiger partial charge in [0.25, 0.3) is 0 Å². The molecule has 6 heteroatoms. The van der Waals surface area contributed by atoms with Gasteiger partial charge in [-0.15, -0.1) is 0 Å². The van der Waals surface area contributed by atoms with Crippen molar-refractivity contribution in [3.8, 4) is 0 Å². The fourth-order valence-corrected chi connectivity index (χ4v) is 2.29. The first-order valence-electron chi connectivity index (χ1n) is 8.32. The maximum absolute atomic E-state index is 12.1. The molecule has 0 radical (unpaired) electrons. The van der Waals surface area contributed by atoms with E-state index in [-0.39, 0.29) is 25.5 Å². The lowest BCUT2D eigenvalue weighted by Gasteiger charge is -2.17. The number of esters is 2. The van der Waals surface area contributed by atoms with Crippen LogP contribution in [0.3, 0.4) is 0 Å². The maximum Gasteiger partial charge on any atom is 0.352 e. The Balaban J connectivity index is 1.90. The highest BCUT2D eigenvalue weighted by Gasteiger charge is 2.26. The van der Waals surface area contributed by atoms with Crippen LogP contribution < -0.4 is 5.32 Å². The smallest absolute Gasteiger partial charge is 0.352 e. The Morgan fingerprint density at radius 1 is 0.962 bits per heavy atom. The summed E-state index contributed by atoms with van der Waals surface area (Å²) < 4.78 is 10.2. The number of carbonyl (C=O) groups is 3. The van der Waals surface area contributed by atoms with Gasteiger partial charge >= 0.3 is 11.9 Å². The first kappa shape index (κ1) is 19.2. The Bertz CT molecular complexity index is 730. The van der Waals surface area contributed by atoms with Crippen LogP contribution in [0, 0.1) is 0 Å². The Kier molecular flexibility index (Phi) is 7.36. The average Bonchev–Trinajstić information content (AvgIpc) is 2.66. The number of hydrogen-bond donors (Lipinski definition) is 1. The molecule has 2 rings (SSSR count). The van der Waals surface area contributed by atoms with Crippen molar-refractivity contribution in [2.75, 3.05) is 13.2 Å². The average molecular weight is 355 g/mol. The van der Waals surface area contributed by atoms with Crippen molar-refractivity contribution >= 4 is 17.8 Å². The third-order valence-corrected chi connectivity index (χ3v) is 3.49. The van der Waals surface area contributed by atoms with Crippen molar-refractivity contribution in [1.82, 2.24) is 5.32 Å². The highest BCUT2D eigenvalue weighted by Crippen LogP contribution is 2.19. The molecule has 0 saturated carbocycles. The Morgan fingerprint density at radius 2 is 1.58 bits per heavy atom. The second kappa shape index (κ2) is 9.98. The van der Waals surface area contributed by atoms with Gasteiger partial charge in [0.1, 0.15) is 6.54 Å². The van der Waals surface area contributed by atoms with Crippen LogP contribution in [0.4, 0.5) is 0 Å². The molecule has 0 aromatic heterocycles. The number of ether oxygens (including phenoxy) is 2. The van der Waals surface area contributed by atoms with Crippen LogP contribution in [-0.4, -0.2) is 31.0 Å². The lowest BCUT2D eigenvalue weighted by atomic mass is 10.1. The first-order valence-corrected chi connectivity index (χ1v) is 8.32. The largest absolute Gasteiger partial charge is 0.463 e. The van der Waals surface area contributed by atoms with E-state index in [9.17, 15) is 14.4 Å². The molecule has 2 aromatic rings. The Labute approximate surface area is 152 Å². The van der Waals surface area contributed by atoms with Gasteiger partial charge in [0.2, 0.25) is 12.0 Å². The molecular formula is C20H21NO5. The summed E-state index contributed by atoms with van der Waals surface area (Å²) in [7, 11) is 0. The zero-order valence-electron chi connectivity index (χ0n) is 14.5. The van der Waals surface area contributed by atoms with E-state index >= 15 is 0 Å². The lowest BCUT2D eigenvalue weighted by Crippen LogP contribution is -2.33. The van der Waals surface area contributed by atoms with E-state index in [1.807, 2.05) is 30.3 Å². The molecule has 0 spiro atoms. The van der Waals surface area contributed by atoms with Crippen molar-refractivity contribution in [2.45, 2.75) is 19.4 Å². The van der Waals surface area contributed by atoms with Gasteiger partial charge in [0.05, 0.1) is 13.0 Å². The van der Waals surface area contributed by atoms with Crippen molar-refractivity contribution in [1.29, 1.82) is 0 Å². The summed E-state index contributed by atoms with van der Waals surface area (Å²) in [4.78, 5) is 36.0. The summed E-state index contributed by atoms with van der Waals surface area (Å²) in [6, 6.07) is 17.8. The van der Waals surface area contributed by atoms with Crippen molar-refractivity contribution in [3.63, 3.8) is 0 Å². The summed E-state index contributed by atoms with van der Waals surface area (Å²) >= 11 is 0. The zero-order chi connectivity index (χ0) is 18.8. The molecule has 0 fully saturated rings. The van der Waals surface area contributed by atoms with Crippen LogP contribution in [0.25, 0.3) is 0 Å². The third-order valence-electron chi connectivity index (χ3n) is 3.49. The van der Waals surface area contributed by atoms with Crippen molar-refractivity contribution in [2.24, 2.45) is 0 Å². The summed E-state index contributed by atoms with van der Waals surface area (Å²) in [5, 5.41) is 2.49. The molecule has 0 unspecified atom stereocenters. The van der Waals surface area contributed by atoms with E-state index in [2.05, 4.69) is 5.32 Å². The first-order chi connectivity index (χ1) is 12.6. The molecule has 0 saturated heterocycles. The fraction of sp³-hybridized carbons (Fsp3) is 0.250. The van der Waals surface area contributed by atoms with E-state index in [0.29, 0.717) is 5.56 Å². The molecule has 136 valence electrons. The molecule has 0 aliphatic carbocycles. The molecule has 1 amide bonds. The van der Waals surface area contributed by atoms with Crippen LogP contribution in [0.15, 0.2) is 60.7 Å². The van der Waals surface area contributed by atoms with Crippen LogP contribution >= 0.6 is 0 Å². The number of hydrogen-bond acceptors (Lipinski definition) is 5. The lowest BCUT2D eigenvalue weighted by molar-refractivity contribution is -0.167. The molecular weight excluding hydrogens is 334 g/mol. The van der Waals surface area contributed by atoms with Crippen molar-refractivity contribution < 1.29 is 23.9 Å². The zero-order valence-corrected chi connectivity index (χ0v) is 14.5. The highest BCUT2D eigenvalue weighted by atomic mass is 16.6. The number of amides is 1. The second-order valence-electron chi connectivity index (χ2n) is 5.47. The molecule has 0 aliphatic heterocycles. The fourth-order valence-electron chi connectivity index (χ4n) is 2.29. The molecule has 1 N–H and O–H groups in total. The predicted octanol–water partition coefficient (Wildman–Crippen LogP) is 2.19. The van der Waals surface area contributed by atoms with E-state index in [1.54, 1.807) is 37.3 Å². The van der Waals surface area contributed by atoms with Crippen LogP contribution in [-0.2, 0) is 30.3 Å². The van der Waals surface area contributed by atoms with Crippen LogP contribution in [0.5, 0.6) is 0 Å². The Morgan fingerprint density at radius 3 is 2.19 bits per heavy atom. The summed E-state index contributed by atoms with van der Waals surface area (Å²) in [5.41, 5.74) is 1.35. The Hall–Kier alpha value is -3.15. The van der Waals surface area contributed by atoms with Gasteiger partial charge in [0.15, 0.2) is 0 Å². The number of nitrogens with one attached hydrogen (secondary N) is 1. The molecule has 2 aromatic carbocycles. The standard InChI is InChI=1S/C20H21NO5/c1-2-25-20(24)19(16-11-7-4-8-12-16)26-18(23)14-21-17(22)13-15-9-5-3-6-10-15/h3-12,19H,2,13-14H2,1H3,(H,21,22)/t19-/m1/s1. The summed E-state index contributed by atoms with van der Waals surface area (Å²) in [6.07, 6.45) is -0.997. The summed E-state index contributed by atoms with van der Waals surface area (Å²) in [5.74, 6) is -1.67. The highest BCUT2D eigenvalue weighted by molar-refractivity contribution is 5.85. The van der Waals surface area contributed by atoms with Gasteiger partial charge in [0, 0.05) is 5.56 Å². The molecule has 0 heterocycles. The van der Waals surface area contributed by atoms with Gasteiger partial charge in [-0.1, -0.05) is 60.7 Å². The minimum Gasteiger partial charge on any atom is -0.463 e. The predicted molar refractivity (Wildman–Crippen MR) is 95.1 cm³/mol. The van der Waals surface area contributed by atoms with Crippen LogP contribution in [0.1, 0.15) is 24.2 Å². The SMILES string of the molecule is CCOC(=O)[C@H](OC(=O)CNC(=O)Cc1ccccc1)c1ccccc1. The van der Waals surface area contributed by atoms with Gasteiger partial charge < -0.3 is 14.8 Å². The minimum absolute atomic E-state index is 0.161. The van der Waals surface area contributed by atoms with E-state index < -0.39 is 18.0 Å². The second-order valence-corrected chi connectivity index (χ2v) is 5.47. The number of rotatable bonds is 8. The third kappa shape index (κ3) is 6.05. The monoisotopic (exact) mass is 355 g/mol. The van der Waals surface area contributed by atoms with Gasteiger partial charge in [-0.25, -0.2) is 4.79 Å². The van der Waals surface area contributed by atoms with Gasteiger partial charge in [-0.2, -0.15) is 0 Å². The quantitative estimate of drug-likeness (QED) is 0.734. The van der Waals surface area contributed by atoms with E-state index in [0.717, 1.165) is 5.56 Å². The van der Waals surface area contributed by atoms with Gasteiger partial charge in [-0.05, 0) is 12.5 Å². The normalized spacial score (nSPS) is 11.3. The minimum atomic E-state index is -1.16. The van der Waals surface area contributed by atoms with E-state index in [4.69, 9.17) is 9.47 Å².